The molecule has 2 rings (SSSR count). The molecule has 2 aromatic rings. The van der Waals surface area contributed by atoms with Gasteiger partial charge in [0.15, 0.2) is 11.6 Å². The Kier molecular flexibility index (Phi) is 4.01. The van der Waals surface area contributed by atoms with Gasteiger partial charge in [-0.15, -0.1) is 0 Å². The van der Waals surface area contributed by atoms with Crippen LogP contribution >= 0.6 is 15.9 Å². The molecule has 0 fully saturated rings. The second kappa shape index (κ2) is 5.72. The van der Waals surface area contributed by atoms with Crippen LogP contribution in [0.25, 0.3) is 0 Å². The molecular weight excluding hydrogens is 329 g/mol. The Morgan fingerprint density at radius 3 is 2.60 bits per heavy atom. The molecule has 0 bridgehead atoms. The molecule has 0 aliphatic carbocycles. The van der Waals surface area contributed by atoms with E-state index < -0.39 is 11.8 Å². The van der Waals surface area contributed by atoms with Crippen LogP contribution in [0.5, 0.6) is 11.5 Å². The molecule has 0 amide bonds. The van der Waals surface area contributed by atoms with Gasteiger partial charge in [0.1, 0.15) is 5.75 Å². The normalized spacial score (nSPS) is 9.85. The number of benzene rings is 2. The molecule has 0 aromatic heterocycles. The number of hydrogen-bond donors (Lipinski definition) is 1. The number of nitriles is 1. The highest BCUT2D eigenvalue weighted by atomic mass is 79.9. The van der Waals surface area contributed by atoms with E-state index in [1.54, 1.807) is 0 Å². The van der Waals surface area contributed by atoms with Crippen molar-refractivity contribution in [3.05, 3.63) is 57.8 Å². The van der Waals surface area contributed by atoms with E-state index in [0.29, 0.717) is 4.47 Å². The van der Waals surface area contributed by atoms with E-state index >= 15 is 0 Å². The molecule has 0 atom stereocenters. The van der Waals surface area contributed by atoms with E-state index in [0.717, 1.165) is 6.07 Å². The summed E-state index contributed by atoms with van der Waals surface area (Å²) in [6.45, 7) is 0. The van der Waals surface area contributed by atoms with Crippen molar-refractivity contribution in [1.82, 2.24) is 0 Å². The van der Waals surface area contributed by atoms with Crippen LogP contribution in [0.1, 0.15) is 15.9 Å². The Labute approximate surface area is 122 Å². The zero-order valence-electron chi connectivity index (χ0n) is 9.93. The third kappa shape index (κ3) is 2.95. The van der Waals surface area contributed by atoms with Crippen molar-refractivity contribution in [2.75, 3.05) is 0 Å². The maximum Gasteiger partial charge on any atom is 0.336 e. The number of carboxylic acids is 1. The first-order valence-corrected chi connectivity index (χ1v) is 6.21. The molecule has 0 aliphatic heterocycles. The highest BCUT2D eigenvalue weighted by molar-refractivity contribution is 9.10. The SMILES string of the molecule is N#Cc1ccc(Oc2ccc(C(=O)O)c(Br)c2)c(F)c1. The Morgan fingerprint density at radius 1 is 1.30 bits per heavy atom. The van der Waals surface area contributed by atoms with Gasteiger partial charge < -0.3 is 9.84 Å². The lowest BCUT2D eigenvalue weighted by Gasteiger charge is -2.08. The molecule has 0 radical (unpaired) electrons. The average Bonchev–Trinajstić information content (AvgIpc) is 2.40. The van der Waals surface area contributed by atoms with E-state index in [4.69, 9.17) is 15.1 Å². The van der Waals surface area contributed by atoms with Gasteiger partial charge in [0.05, 0.1) is 17.2 Å². The van der Waals surface area contributed by atoms with Crippen LogP contribution in [-0.4, -0.2) is 11.1 Å². The van der Waals surface area contributed by atoms with Crippen LogP contribution in [0.3, 0.4) is 0 Å². The van der Waals surface area contributed by atoms with Crippen LogP contribution < -0.4 is 4.74 Å². The van der Waals surface area contributed by atoms with Crippen LogP contribution in [0.4, 0.5) is 4.39 Å². The van der Waals surface area contributed by atoms with Crippen LogP contribution in [0.15, 0.2) is 40.9 Å². The van der Waals surface area contributed by atoms with Gasteiger partial charge in [0.2, 0.25) is 0 Å². The smallest absolute Gasteiger partial charge is 0.336 e. The zero-order valence-corrected chi connectivity index (χ0v) is 11.5. The van der Waals surface area contributed by atoms with Gasteiger partial charge in [-0.2, -0.15) is 5.26 Å². The molecule has 0 unspecified atom stereocenters. The topological polar surface area (TPSA) is 70.3 Å². The number of carbonyl (C=O) groups is 1. The first-order chi connectivity index (χ1) is 9.51. The predicted octanol–water partition coefficient (Wildman–Crippen LogP) is 3.95. The van der Waals surface area contributed by atoms with Crippen molar-refractivity contribution in [3.63, 3.8) is 0 Å². The number of rotatable bonds is 3. The zero-order chi connectivity index (χ0) is 14.7. The molecule has 20 heavy (non-hydrogen) atoms. The quantitative estimate of drug-likeness (QED) is 0.921. The van der Waals surface area contributed by atoms with Crippen molar-refractivity contribution >= 4 is 21.9 Å². The largest absolute Gasteiger partial charge is 0.478 e. The average molecular weight is 336 g/mol. The van der Waals surface area contributed by atoms with Crippen molar-refractivity contribution in [2.45, 2.75) is 0 Å². The number of aromatic carboxylic acids is 1. The van der Waals surface area contributed by atoms with E-state index in [-0.39, 0.29) is 22.6 Å². The highest BCUT2D eigenvalue weighted by Crippen LogP contribution is 2.29. The van der Waals surface area contributed by atoms with Crippen molar-refractivity contribution in [1.29, 1.82) is 5.26 Å². The summed E-state index contributed by atoms with van der Waals surface area (Å²) in [4.78, 5) is 10.9. The molecule has 4 nitrogen and oxygen atoms in total. The minimum Gasteiger partial charge on any atom is -0.478 e. The number of hydrogen-bond acceptors (Lipinski definition) is 3. The van der Waals surface area contributed by atoms with Crippen LogP contribution in [0, 0.1) is 17.1 Å². The molecule has 2 aromatic carbocycles. The predicted molar refractivity (Wildman–Crippen MR) is 72.3 cm³/mol. The molecule has 0 saturated carbocycles. The number of halogens is 2. The Morgan fingerprint density at radius 2 is 2.05 bits per heavy atom. The molecule has 1 N–H and O–H groups in total. The van der Waals surface area contributed by atoms with Crippen molar-refractivity contribution < 1.29 is 19.0 Å². The van der Waals surface area contributed by atoms with Gasteiger partial charge in [0.25, 0.3) is 0 Å². The number of nitrogens with zero attached hydrogens (tertiary/aromatic N) is 1. The monoisotopic (exact) mass is 335 g/mol. The summed E-state index contributed by atoms with van der Waals surface area (Å²) in [6.07, 6.45) is 0. The molecule has 0 saturated heterocycles. The second-order valence-corrected chi connectivity index (χ2v) is 4.66. The lowest BCUT2D eigenvalue weighted by atomic mass is 10.2. The number of carboxylic acid groups (broad SMARTS) is 1. The molecule has 0 spiro atoms. The van der Waals surface area contributed by atoms with E-state index in [1.807, 2.05) is 6.07 Å². The van der Waals surface area contributed by atoms with Gasteiger partial charge in [-0.3, -0.25) is 0 Å². The molecule has 6 heteroatoms. The third-order valence-corrected chi connectivity index (χ3v) is 3.12. The molecule has 0 heterocycles. The third-order valence-electron chi connectivity index (χ3n) is 2.46. The summed E-state index contributed by atoms with van der Waals surface area (Å²) in [7, 11) is 0. The van der Waals surface area contributed by atoms with Crippen molar-refractivity contribution in [3.8, 4) is 17.6 Å². The van der Waals surface area contributed by atoms with Gasteiger partial charge in [-0.05, 0) is 52.3 Å². The fourth-order valence-electron chi connectivity index (χ4n) is 1.51. The van der Waals surface area contributed by atoms with Gasteiger partial charge in [-0.1, -0.05) is 0 Å². The Balaban J connectivity index is 2.29. The van der Waals surface area contributed by atoms with Crippen molar-refractivity contribution in [2.24, 2.45) is 0 Å². The van der Waals surface area contributed by atoms with Crippen LogP contribution in [0.2, 0.25) is 0 Å². The summed E-state index contributed by atoms with van der Waals surface area (Å²) < 4.78 is 19.3. The van der Waals surface area contributed by atoms with Gasteiger partial charge in [-0.25, -0.2) is 9.18 Å². The lowest BCUT2D eigenvalue weighted by Crippen LogP contribution is -1.98. The van der Waals surface area contributed by atoms with Crippen LogP contribution in [-0.2, 0) is 0 Å². The second-order valence-electron chi connectivity index (χ2n) is 3.81. The standard InChI is InChI=1S/C14H7BrFNO3/c15-11-6-9(2-3-10(11)14(18)19)20-13-4-1-8(7-17)5-12(13)16/h1-6H,(H,18,19). The minimum atomic E-state index is -1.08. The summed E-state index contributed by atoms with van der Waals surface area (Å²) in [6, 6.07) is 9.86. The summed E-state index contributed by atoms with van der Waals surface area (Å²) in [5, 5.41) is 17.5. The fraction of sp³-hybridized carbons (Fsp3) is 0. The summed E-state index contributed by atoms with van der Waals surface area (Å²) in [5.41, 5.74) is 0.273. The minimum absolute atomic E-state index is 0.0426. The molecular formula is C14H7BrFNO3. The first-order valence-electron chi connectivity index (χ1n) is 5.41. The molecule has 0 aliphatic rings. The highest BCUT2D eigenvalue weighted by Gasteiger charge is 2.11. The summed E-state index contributed by atoms with van der Waals surface area (Å²) >= 11 is 3.10. The lowest BCUT2D eigenvalue weighted by molar-refractivity contribution is 0.0696. The Bertz CT molecular complexity index is 725. The van der Waals surface area contributed by atoms with E-state index in [1.165, 1.54) is 30.3 Å². The maximum atomic E-state index is 13.6. The van der Waals surface area contributed by atoms with Gasteiger partial charge in [0, 0.05) is 4.47 Å². The Hall–Kier alpha value is -2.39. The first kappa shape index (κ1) is 14.0. The number of ether oxygens (including phenoxy) is 1. The maximum absolute atomic E-state index is 13.6. The fourth-order valence-corrected chi connectivity index (χ4v) is 2.04. The van der Waals surface area contributed by atoms with E-state index in [9.17, 15) is 9.18 Å². The summed E-state index contributed by atoms with van der Waals surface area (Å²) in [5.74, 6) is -1.50. The van der Waals surface area contributed by atoms with E-state index in [2.05, 4.69) is 15.9 Å². The molecule has 100 valence electrons. The van der Waals surface area contributed by atoms with Gasteiger partial charge >= 0.3 is 5.97 Å².